The van der Waals surface area contributed by atoms with Gasteiger partial charge in [0, 0.05) is 12.5 Å². The first kappa shape index (κ1) is 8.94. The van der Waals surface area contributed by atoms with Crippen molar-refractivity contribution in [2.24, 2.45) is 11.3 Å². The molecule has 1 saturated carbocycles. The molecule has 1 N–H and O–H groups in total. The highest BCUT2D eigenvalue weighted by Gasteiger charge is 2.42. The zero-order valence-electron chi connectivity index (χ0n) is 7.11. The molecule has 0 aromatic heterocycles. The van der Waals surface area contributed by atoms with Gasteiger partial charge in [-0.05, 0) is 60.2 Å². The number of carbonyl (C=O) groups is 1. The maximum Gasteiger partial charge on any atom is 0.195 e. The summed E-state index contributed by atoms with van der Waals surface area (Å²) in [4.78, 5) is 11.2. The summed E-state index contributed by atoms with van der Waals surface area (Å²) in [6.07, 6.45) is 4.82. The van der Waals surface area contributed by atoms with Crippen molar-refractivity contribution in [3.8, 4) is 0 Å². The summed E-state index contributed by atoms with van der Waals surface area (Å²) in [6, 6.07) is 0. The zero-order chi connectivity index (χ0) is 8.60. The molecule has 1 aliphatic heterocycles. The molecule has 1 saturated heterocycles. The van der Waals surface area contributed by atoms with Crippen LogP contribution in [0.2, 0.25) is 0 Å². The molecule has 2 atom stereocenters. The Labute approximate surface area is 86.6 Å². The van der Waals surface area contributed by atoms with E-state index in [2.05, 4.69) is 5.32 Å². The minimum atomic E-state index is 0.366. The largest absolute Gasteiger partial charge is 0.316 e. The molecule has 1 heterocycles. The Morgan fingerprint density at radius 1 is 1.50 bits per heavy atom. The van der Waals surface area contributed by atoms with Crippen LogP contribution >= 0.6 is 22.6 Å². The Bertz CT molecular complexity index is 199. The van der Waals surface area contributed by atoms with Crippen molar-refractivity contribution >= 4 is 26.4 Å². The van der Waals surface area contributed by atoms with E-state index in [1.807, 2.05) is 22.6 Å². The maximum atomic E-state index is 11.2. The quantitative estimate of drug-likeness (QED) is 0.585. The highest BCUT2D eigenvalue weighted by Crippen LogP contribution is 2.46. The average Bonchev–Trinajstić information content (AvgIpc) is 2.62. The lowest BCUT2D eigenvalue weighted by atomic mass is 9.85. The van der Waals surface area contributed by atoms with E-state index in [9.17, 15) is 4.79 Å². The van der Waals surface area contributed by atoms with Gasteiger partial charge in [-0.15, -0.1) is 0 Å². The van der Waals surface area contributed by atoms with E-state index < -0.39 is 0 Å². The predicted octanol–water partition coefficient (Wildman–Crippen LogP) is 1.73. The number of rotatable bonds is 1. The summed E-state index contributed by atoms with van der Waals surface area (Å²) >= 11 is 1.95. The lowest BCUT2D eigenvalue weighted by Crippen LogP contribution is -2.21. The van der Waals surface area contributed by atoms with Crippen LogP contribution in [0, 0.1) is 11.3 Å². The van der Waals surface area contributed by atoms with Crippen LogP contribution in [0.4, 0.5) is 0 Å². The van der Waals surface area contributed by atoms with Gasteiger partial charge < -0.3 is 5.32 Å². The summed E-state index contributed by atoms with van der Waals surface area (Å²) in [5.41, 5.74) is 0.505. The molecule has 1 aliphatic carbocycles. The van der Waals surface area contributed by atoms with Crippen LogP contribution in [0.1, 0.15) is 25.7 Å². The first-order chi connectivity index (χ1) is 5.72. The maximum absolute atomic E-state index is 11.2. The van der Waals surface area contributed by atoms with Crippen LogP contribution in [0.5, 0.6) is 0 Å². The summed E-state index contributed by atoms with van der Waals surface area (Å²) in [6.45, 7) is 2.30. The third-order valence-corrected chi connectivity index (χ3v) is 4.24. The molecule has 0 aromatic carbocycles. The third-order valence-electron chi connectivity index (χ3n) is 3.36. The molecule has 2 unspecified atom stereocenters. The first-order valence-electron chi connectivity index (χ1n) is 4.62. The second-order valence-electron chi connectivity index (χ2n) is 4.17. The molecule has 3 heteroatoms. The van der Waals surface area contributed by atoms with E-state index >= 15 is 0 Å². The molecule has 2 nitrogen and oxygen atoms in total. The van der Waals surface area contributed by atoms with Gasteiger partial charge in [0.15, 0.2) is 3.79 Å². The van der Waals surface area contributed by atoms with Gasteiger partial charge in [-0.3, -0.25) is 4.79 Å². The van der Waals surface area contributed by atoms with Gasteiger partial charge in [0.05, 0.1) is 0 Å². The fraction of sp³-hybridized carbons (Fsp3) is 0.889. The van der Waals surface area contributed by atoms with Crippen LogP contribution < -0.4 is 5.32 Å². The Morgan fingerprint density at radius 2 is 2.33 bits per heavy atom. The Hall–Kier alpha value is 0.360. The second-order valence-corrected chi connectivity index (χ2v) is 5.23. The van der Waals surface area contributed by atoms with Crippen molar-refractivity contribution in [3.63, 3.8) is 0 Å². The molecule has 0 radical (unpaired) electrons. The summed E-state index contributed by atoms with van der Waals surface area (Å²) in [5, 5.41) is 3.40. The molecule has 2 aliphatic rings. The molecule has 0 bridgehead atoms. The number of carbonyl (C=O) groups excluding carboxylic acids is 1. The molecule has 12 heavy (non-hydrogen) atoms. The Kier molecular flexibility index (Phi) is 2.42. The molecular weight excluding hydrogens is 265 g/mol. The van der Waals surface area contributed by atoms with Crippen molar-refractivity contribution < 1.29 is 4.79 Å². The monoisotopic (exact) mass is 279 g/mol. The van der Waals surface area contributed by atoms with Crippen molar-refractivity contribution in [2.75, 3.05) is 13.1 Å². The lowest BCUT2D eigenvalue weighted by Gasteiger charge is -2.20. The Morgan fingerprint density at radius 3 is 2.83 bits per heavy atom. The molecule has 2 rings (SSSR count). The first-order valence-corrected chi connectivity index (χ1v) is 5.70. The second kappa shape index (κ2) is 3.25. The highest BCUT2D eigenvalue weighted by atomic mass is 127. The van der Waals surface area contributed by atoms with Crippen LogP contribution in [-0.4, -0.2) is 16.9 Å². The predicted molar refractivity (Wildman–Crippen MR) is 56.3 cm³/mol. The summed E-state index contributed by atoms with van der Waals surface area (Å²) < 4.78 is 0.372. The smallest absolute Gasteiger partial charge is 0.195 e. The van der Waals surface area contributed by atoms with Crippen LogP contribution in [0.3, 0.4) is 0 Å². The molecule has 0 amide bonds. The van der Waals surface area contributed by atoms with E-state index in [0.29, 0.717) is 15.1 Å². The van der Waals surface area contributed by atoms with Crippen molar-refractivity contribution in [1.82, 2.24) is 5.32 Å². The normalized spacial score (nSPS) is 40.9. The molecule has 1 spiro atoms. The van der Waals surface area contributed by atoms with Crippen molar-refractivity contribution in [2.45, 2.75) is 25.7 Å². The molecular formula is C9H14INO. The van der Waals surface area contributed by atoms with Crippen molar-refractivity contribution in [1.29, 1.82) is 0 Å². The SMILES string of the molecule is O=C(I)C1CCC2(CCNC2)C1. The minimum Gasteiger partial charge on any atom is -0.316 e. The molecule has 0 aromatic rings. The van der Waals surface area contributed by atoms with E-state index in [4.69, 9.17) is 0 Å². The lowest BCUT2D eigenvalue weighted by molar-refractivity contribution is -0.112. The third kappa shape index (κ3) is 1.53. The number of hydrogen-bond acceptors (Lipinski definition) is 2. The van der Waals surface area contributed by atoms with Crippen LogP contribution in [-0.2, 0) is 4.79 Å². The van der Waals surface area contributed by atoms with E-state index in [1.165, 1.54) is 12.8 Å². The topological polar surface area (TPSA) is 29.1 Å². The summed E-state index contributed by atoms with van der Waals surface area (Å²) in [7, 11) is 0. The van der Waals surface area contributed by atoms with Gasteiger partial charge in [0.2, 0.25) is 0 Å². The van der Waals surface area contributed by atoms with E-state index in [0.717, 1.165) is 25.9 Å². The average molecular weight is 279 g/mol. The summed E-state index contributed by atoms with van der Waals surface area (Å²) in [5.74, 6) is 0.366. The van der Waals surface area contributed by atoms with E-state index in [1.54, 1.807) is 0 Å². The van der Waals surface area contributed by atoms with Gasteiger partial charge >= 0.3 is 0 Å². The van der Waals surface area contributed by atoms with Gasteiger partial charge in [-0.1, -0.05) is 0 Å². The molecule has 68 valence electrons. The van der Waals surface area contributed by atoms with Gasteiger partial charge in [-0.25, -0.2) is 0 Å². The number of halogens is 1. The van der Waals surface area contributed by atoms with Crippen LogP contribution in [0.25, 0.3) is 0 Å². The fourth-order valence-electron chi connectivity index (χ4n) is 2.58. The Balaban J connectivity index is 2.01. The standard InChI is InChI=1S/C9H14INO/c10-8(12)7-1-2-9(5-7)3-4-11-6-9/h7,11H,1-6H2. The van der Waals surface area contributed by atoms with E-state index in [-0.39, 0.29) is 0 Å². The zero-order valence-corrected chi connectivity index (χ0v) is 9.26. The van der Waals surface area contributed by atoms with Gasteiger partial charge in [0.1, 0.15) is 0 Å². The van der Waals surface area contributed by atoms with Crippen LogP contribution in [0.15, 0.2) is 0 Å². The molecule has 2 fully saturated rings. The van der Waals surface area contributed by atoms with Crippen molar-refractivity contribution in [3.05, 3.63) is 0 Å². The fourth-order valence-corrected chi connectivity index (χ4v) is 3.12. The minimum absolute atomic E-state index is 0.366. The van der Waals surface area contributed by atoms with Gasteiger partial charge in [-0.2, -0.15) is 0 Å². The number of hydrogen-bond donors (Lipinski definition) is 1. The van der Waals surface area contributed by atoms with Gasteiger partial charge in [0.25, 0.3) is 0 Å². The highest BCUT2D eigenvalue weighted by molar-refractivity contribution is 14.1. The number of nitrogens with one attached hydrogen (secondary N) is 1.